The van der Waals surface area contributed by atoms with Crippen LogP contribution in [0.2, 0.25) is 0 Å². The van der Waals surface area contributed by atoms with Gasteiger partial charge in [-0.25, -0.2) is 9.97 Å². The number of aromatic nitrogens is 5. The summed E-state index contributed by atoms with van der Waals surface area (Å²) in [5.41, 5.74) is 6.00. The molecule has 3 aromatic heterocycles. The molecule has 1 N–H and O–H groups in total. The lowest BCUT2D eigenvalue weighted by Gasteiger charge is -2.19. The zero-order valence-electron chi connectivity index (χ0n) is 19.8. The van der Waals surface area contributed by atoms with Crippen LogP contribution in [0.5, 0.6) is 11.5 Å². The van der Waals surface area contributed by atoms with Crippen molar-refractivity contribution in [3.8, 4) is 34.1 Å². The molecule has 1 aliphatic heterocycles. The Morgan fingerprint density at radius 1 is 1.00 bits per heavy atom. The predicted octanol–water partition coefficient (Wildman–Crippen LogP) is 5.31. The molecule has 36 heavy (non-hydrogen) atoms. The molecule has 5 aromatic rings. The van der Waals surface area contributed by atoms with Crippen LogP contribution in [0.15, 0.2) is 72.9 Å². The molecule has 0 unspecified atom stereocenters. The number of aromatic amines is 1. The Bertz CT molecular complexity index is 1510. The maximum Gasteiger partial charge on any atom is 0.222 e. The fourth-order valence-electron chi connectivity index (χ4n) is 4.36. The van der Waals surface area contributed by atoms with Crippen molar-refractivity contribution in [1.82, 2.24) is 30.0 Å². The van der Waals surface area contributed by atoms with Gasteiger partial charge in [-0.1, -0.05) is 12.1 Å². The van der Waals surface area contributed by atoms with Gasteiger partial charge in [-0.15, -0.1) is 0 Å². The second-order valence-electron chi connectivity index (χ2n) is 8.88. The molecule has 4 heterocycles. The number of rotatable bonds is 6. The first-order chi connectivity index (χ1) is 17.6. The highest BCUT2D eigenvalue weighted by atomic mass is 16.5. The minimum Gasteiger partial charge on any atom is -0.457 e. The second kappa shape index (κ2) is 9.22. The second-order valence-corrected chi connectivity index (χ2v) is 8.88. The summed E-state index contributed by atoms with van der Waals surface area (Å²) in [5, 5.41) is 8.40. The van der Waals surface area contributed by atoms with Crippen LogP contribution in [0.1, 0.15) is 24.1 Å². The van der Waals surface area contributed by atoms with E-state index in [2.05, 4.69) is 25.1 Å². The molecule has 1 fully saturated rings. The van der Waals surface area contributed by atoms with E-state index in [0.717, 1.165) is 52.2 Å². The van der Waals surface area contributed by atoms with E-state index < -0.39 is 0 Å². The summed E-state index contributed by atoms with van der Waals surface area (Å²) >= 11 is 0. The molecule has 8 nitrogen and oxygen atoms in total. The number of aryl methyl sites for hydroxylation is 1. The summed E-state index contributed by atoms with van der Waals surface area (Å²) in [6, 6.07) is 21.4. The van der Waals surface area contributed by atoms with E-state index in [9.17, 15) is 4.79 Å². The number of hydrogen-bond donors (Lipinski definition) is 1. The number of nitrogens with one attached hydrogen (secondary N) is 1. The van der Waals surface area contributed by atoms with Gasteiger partial charge in [-0.2, -0.15) is 10.2 Å². The average Bonchev–Trinajstić information content (AvgIpc) is 3.52. The van der Waals surface area contributed by atoms with Crippen molar-refractivity contribution in [1.29, 1.82) is 0 Å². The van der Waals surface area contributed by atoms with Crippen LogP contribution in [0, 0.1) is 6.92 Å². The van der Waals surface area contributed by atoms with E-state index in [-0.39, 0.29) is 5.91 Å². The highest BCUT2D eigenvalue weighted by Gasteiger charge is 2.22. The molecule has 0 aliphatic carbocycles. The van der Waals surface area contributed by atoms with Crippen LogP contribution in [0.3, 0.4) is 0 Å². The van der Waals surface area contributed by atoms with Crippen molar-refractivity contribution in [3.05, 3.63) is 84.2 Å². The van der Waals surface area contributed by atoms with Gasteiger partial charge in [0, 0.05) is 42.4 Å². The number of benzene rings is 2. The third-order valence-corrected chi connectivity index (χ3v) is 6.30. The van der Waals surface area contributed by atoms with Crippen molar-refractivity contribution < 1.29 is 9.53 Å². The lowest BCUT2D eigenvalue weighted by molar-refractivity contribution is -0.128. The Labute approximate surface area is 208 Å². The zero-order chi connectivity index (χ0) is 24.5. The fraction of sp³-hybridized carbons (Fsp3) is 0.179. The number of pyridine rings is 1. The quantitative estimate of drug-likeness (QED) is 0.357. The average molecular weight is 477 g/mol. The third kappa shape index (κ3) is 4.40. The first kappa shape index (κ1) is 21.9. The number of carbonyl (C=O) groups excluding carboxylic acids is 1. The summed E-state index contributed by atoms with van der Waals surface area (Å²) in [6.45, 7) is 3.19. The number of fused-ring (bicyclic) bond motifs is 1. The van der Waals surface area contributed by atoms with Crippen LogP contribution >= 0.6 is 0 Å². The van der Waals surface area contributed by atoms with Gasteiger partial charge in [0.05, 0.1) is 11.4 Å². The van der Waals surface area contributed by atoms with E-state index in [0.29, 0.717) is 30.3 Å². The van der Waals surface area contributed by atoms with Gasteiger partial charge < -0.3 is 14.6 Å². The van der Waals surface area contributed by atoms with Gasteiger partial charge in [-0.05, 0) is 67.9 Å². The minimum atomic E-state index is 0.178. The Hall–Kier alpha value is -4.59. The maximum atomic E-state index is 12.3. The summed E-state index contributed by atoms with van der Waals surface area (Å²) < 4.78 is 6.37. The Morgan fingerprint density at radius 3 is 2.61 bits per heavy atom. The van der Waals surface area contributed by atoms with Gasteiger partial charge in [0.25, 0.3) is 0 Å². The molecule has 0 bridgehead atoms. The molecule has 1 amide bonds. The highest BCUT2D eigenvalue weighted by Crippen LogP contribution is 2.33. The number of nitrogens with zero attached hydrogens (tertiary/aromatic N) is 5. The molecule has 8 heteroatoms. The van der Waals surface area contributed by atoms with Crippen molar-refractivity contribution in [2.45, 2.75) is 26.3 Å². The number of ether oxygens (including phenoxy) is 1. The smallest absolute Gasteiger partial charge is 0.222 e. The monoisotopic (exact) mass is 476 g/mol. The maximum absolute atomic E-state index is 12.3. The van der Waals surface area contributed by atoms with Crippen LogP contribution in [-0.4, -0.2) is 42.5 Å². The first-order valence-electron chi connectivity index (χ1n) is 11.9. The number of H-pyrrole nitrogens is 1. The van der Waals surface area contributed by atoms with E-state index in [1.165, 1.54) is 0 Å². The number of amides is 1. The number of carbonyl (C=O) groups is 1. The molecule has 0 saturated carbocycles. The normalized spacial score (nSPS) is 13.5. The third-order valence-electron chi connectivity index (χ3n) is 6.30. The molecule has 2 aromatic carbocycles. The summed E-state index contributed by atoms with van der Waals surface area (Å²) in [7, 11) is 0. The van der Waals surface area contributed by atoms with Crippen LogP contribution in [-0.2, 0) is 11.3 Å². The molecule has 6 rings (SSSR count). The van der Waals surface area contributed by atoms with Gasteiger partial charge in [0.2, 0.25) is 5.91 Å². The molecule has 178 valence electrons. The van der Waals surface area contributed by atoms with Gasteiger partial charge in [0.15, 0.2) is 5.65 Å². The van der Waals surface area contributed by atoms with Crippen molar-refractivity contribution in [2.24, 2.45) is 0 Å². The van der Waals surface area contributed by atoms with E-state index >= 15 is 0 Å². The van der Waals surface area contributed by atoms with Crippen LogP contribution in [0.4, 0.5) is 0 Å². The summed E-state index contributed by atoms with van der Waals surface area (Å²) in [5.74, 6) is 2.27. The molecule has 1 aliphatic rings. The highest BCUT2D eigenvalue weighted by molar-refractivity contribution is 5.78. The van der Waals surface area contributed by atoms with Gasteiger partial charge in [-0.3, -0.25) is 4.79 Å². The fourth-order valence-corrected chi connectivity index (χ4v) is 4.36. The van der Waals surface area contributed by atoms with Crippen molar-refractivity contribution in [2.75, 3.05) is 6.54 Å². The zero-order valence-corrected chi connectivity index (χ0v) is 19.8. The predicted molar refractivity (Wildman–Crippen MR) is 136 cm³/mol. The lowest BCUT2D eigenvalue weighted by atomic mass is 10.1. The topological polar surface area (TPSA) is 96.9 Å². The van der Waals surface area contributed by atoms with E-state index in [1.54, 1.807) is 6.20 Å². The number of likely N-dealkylation sites (tertiary alicyclic amines) is 1. The molecular weight excluding hydrogens is 452 g/mol. The largest absolute Gasteiger partial charge is 0.457 e. The first-order valence-corrected chi connectivity index (χ1v) is 11.9. The number of imidazole rings is 1. The van der Waals surface area contributed by atoms with Crippen molar-refractivity contribution >= 4 is 17.1 Å². The summed E-state index contributed by atoms with van der Waals surface area (Å²) in [4.78, 5) is 26.5. The van der Waals surface area contributed by atoms with Crippen molar-refractivity contribution in [3.63, 3.8) is 0 Å². The molecule has 1 saturated heterocycles. The Morgan fingerprint density at radius 2 is 1.86 bits per heavy atom. The molecule has 0 atom stereocenters. The van der Waals surface area contributed by atoms with Gasteiger partial charge >= 0.3 is 0 Å². The van der Waals surface area contributed by atoms with Gasteiger partial charge in [0.1, 0.15) is 22.8 Å². The summed E-state index contributed by atoms with van der Waals surface area (Å²) in [6.07, 6.45) is 3.23. The standard InChI is InChI=1S/C28H24N6O2/c1-18-6-13-23(33-32-18)19-9-11-22(12-10-19)36-25-16-20(27-30-24-4-2-14-29-28(24)31-27)7-8-21(25)17-34-15-3-5-26(34)35/h2,4,6-14,16H,3,5,15,17H2,1H3,(H,29,30,31). The van der Waals surface area contributed by atoms with E-state index in [1.807, 2.05) is 78.6 Å². The number of hydrogen-bond acceptors (Lipinski definition) is 6. The molecular formula is C28H24N6O2. The SMILES string of the molecule is Cc1ccc(-c2ccc(Oc3cc(-c4nc5cccnc5[nH]4)ccc3CN3CCCC3=O)cc2)nn1. The van der Waals surface area contributed by atoms with Crippen LogP contribution < -0.4 is 4.74 Å². The Kier molecular flexibility index (Phi) is 5.61. The molecule has 0 spiro atoms. The molecule has 0 radical (unpaired) electrons. The Balaban J connectivity index is 1.33. The van der Waals surface area contributed by atoms with Crippen LogP contribution in [0.25, 0.3) is 33.8 Å². The minimum absolute atomic E-state index is 0.178. The van der Waals surface area contributed by atoms with E-state index in [4.69, 9.17) is 4.74 Å². The lowest BCUT2D eigenvalue weighted by Crippen LogP contribution is -2.24.